The SMILES string of the molecule is CN(C(=O)[C@@H](N)Cc1cc(F)cc(F)c1)c1ccc(Cl)c(C#N)c1.S. The topological polar surface area (TPSA) is 70.1 Å². The minimum atomic E-state index is -0.989. The van der Waals surface area contributed by atoms with Crippen molar-refractivity contribution in [2.75, 3.05) is 11.9 Å². The van der Waals surface area contributed by atoms with Gasteiger partial charge < -0.3 is 10.6 Å². The number of benzene rings is 2. The predicted octanol–water partition coefficient (Wildman–Crippen LogP) is 3.14. The van der Waals surface area contributed by atoms with E-state index < -0.39 is 23.6 Å². The Morgan fingerprint density at radius 1 is 1.28 bits per heavy atom. The van der Waals surface area contributed by atoms with Gasteiger partial charge in [0.05, 0.1) is 16.6 Å². The first kappa shape index (κ1) is 20.9. The standard InChI is InChI=1S/C17H14ClF2N3O.H2S/c1-23(14-2-3-15(18)11(7-14)9-21)17(24)16(22)6-10-4-12(19)8-13(20)5-10;/h2-5,7-8,16H,6,22H2,1H3;1H2/t16-;/m0./s1. The van der Waals surface area contributed by atoms with Gasteiger partial charge in [-0.1, -0.05) is 11.6 Å². The average molecular weight is 384 g/mol. The fraction of sp³-hybridized carbons (Fsp3) is 0.176. The first-order valence-electron chi connectivity index (χ1n) is 6.99. The Labute approximate surface area is 156 Å². The lowest BCUT2D eigenvalue weighted by Crippen LogP contribution is -2.43. The Morgan fingerprint density at radius 2 is 1.88 bits per heavy atom. The number of halogens is 3. The second-order valence-electron chi connectivity index (χ2n) is 5.26. The van der Waals surface area contributed by atoms with Gasteiger partial charge in [-0.05, 0) is 42.3 Å². The highest BCUT2D eigenvalue weighted by molar-refractivity contribution is 7.59. The van der Waals surface area contributed by atoms with Gasteiger partial charge in [0.25, 0.3) is 0 Å². The molecule has 0 saturated carbocycles. The third-order valence-electron chi connectivity index (χ3n) is 3.48. The highest BCUT2D eigenvalue weighted by atomic mass is 35.5. The summed E-state index contributed by atoms with van der Waals surface area (Å²) in [6, 6.07) is 8.50. The van der Waals surface area contributed by atoms with Crippen molar-refractivity contribution < 1.29 is 13.6 Å². The van der Waals surface area contributed by atoms with Crippen LogP contribution in [0.3, 0.4) is 0 Å². The molecular formula is C17H16ClF2N3OS. The summed E-state index contributed by atoms with van der Waals surface area (Å²) in [7, 11) is 1.50. The van der Waals surface area contributed by atoms with Crippen LogP contribution in [0.2, 0.25) is 5.02 Å². The Hall–Kier alpha value is -2.14. The zero-order chi connectivity index (χ0) is 17.9. The van der Waals surface area contributed by atoms with E-state index in [0.29, 0.717) is 5.69 Å². The van der Waals surface area contributed by atoms with Gasteiger partial charge in [-0.25, -0.2) is 8.78 Å². The molecular weight excluding hydrogens is 368 g/mol. The number of carbonyl (C=O) groups is 1. The van der Waals surface area contributed by atoms with Crippen LogP contribution >= 0.6 is 25.1 Å². The fourth-order valence-electron chi connectivity index (χ4n) is 2.25. The van der Waals surface area contributed by atoms with E-state index in [1.54, 1.807) is 6.07 Å². The normalized spacial score (nSPS) is 11.2. The van der Waals surface area contributed by atoms with E-state index in [-0.39, 0.29) is 36.1 Å². The summed E-state index contributed by atoms with van der Waals surface area (Å²) < 4.78 is 26.4. The van der Waals surface area contributed by atoms with E-state index in [0.717, 1.165) is 18.2 Å². The molecule has 25 heavy (non-hydrogen) atoms. The van der Waals surface area contributed by atoms with Crippen molar-refractivity contribution in [3.05, 3.63) is 64.2 Å². The van der Waals surface area contributed by atoms with Crippen molar-refractivity contribution in [2.24, 2.45) is 5.73 Å². The van der Waals surface area contributed by atoms with Crippen LogP contribution in [0.15, 0.2) is 36.4 Å². The zero-order valence-corrected chi connectivity index (χ0v) is 15.0. The predicted molar refractivity (Wildman–Crippen MR) is 98.0 cm³/mol. The van der Waals surface area contributed by atoms with Crippen LogP contribution in [0.25, 0.3) is 0 Å². The van der Waals surface area contributed by atoms with Crippen molar-refractivity contribution in [1.29, 1.82) is 5.26 Å². The molecule has 0 heterocycles. The number of nitriles is 1. The second-order valence-corrected chi connectivity index (χ2v) is 5.67. The van der Waals surface area contributed by atoms with Crippen LogP contribution in [0.4, 0.5) is 14.5 Å². The largest absolute Gasteiger partial charge is 0.320 e. The summed E-state index contributed by atoms with van der Waals surface area (Å²) >= 11 is 5.86. The number of amides is 1. The first-order chi connectivity index (χ1) is 11.3. The van der Waals surface area contributed by atoms with Crippen molar-refractivity contribution >= 4 is 36.7 Å². The van der Waals surface area contributed by atoms with Gasteiger partial charge in [0.1, 0.15) is 17.7 Å². The van der Waals surface area contributed by atoms with Gasteiger partial charge in [-0.15, -0.1) is 0 Å². The van der Waals surface area contributed by atoms with Crippen LogP contribution in [0.1, 0.15) is 11.1 Å². The zero-order valence-electron chi connectivity index (χ0n) is 13.3. The maximum atomic E-state index is 13.2. The fourth-order valence-corrected chi connectivity index (χ4v) is 2.41. The van der Waals surface area contributed by atoms with E-state index in [2.05, 4.69) is 0 Å². The average Bonchev–Trinajstić information content (AvgIpc) is 2.52. The molecule has 132 valence electrons. The maximum Gasteiger partial charge on any atom is 0.243 e. The molecule has 0 radical (unpaired) electrons. The quantitative estimate of drug-likeness (QED) is 0.881. The summed E-state index contributed by atoms with van der Waals surface area (Å²) in [5, 5.41) is 9.26. The molecule has 0 saturated heterocycles. The summed E-state index contributed by atoms with van der Waals surface area (Å²) in [6.07, 6.45) is -0.0173. The monoisotopic (exact) mass is 383 g/mol. The van der Waals surface area contributed by atoms with Crippen LogP contribution in [0, 0.1) is 23.0 Å². The van der Waals surface area contributed by atoms with Crippen LogP contribution in [-0.4, -0.2) is 19.0 Å². The van der Waals surface area contributed by atoms with E-state index in [9.17, 15) is 13.6 Å². The van der Waals surface area contributed by atoms with Crippen LogP contribution in [0.5, 0.6) is 0 Å². The molecule has 2 aromatic carbocycles. The first-order valence-corrected chi connectivity index (χ1v) is 7.37. The lowest BCUT2D eigenvalue weighted by molar-refractivity contribution is -0.119. The highest BCUT2D eigenvalue weighted by Gasteiger charge is 2.21. The number of anilines is 1. The molecule has 0 bridgehead atoms. The lowest BCUT2D eigenvalue weighted by Gasteiger charge is -2.22. The molecule has 0 aliphatic rings. The maximum absolute atomic E-state index is 13.2. The van der Waals surface area contributed by atoms with E-state index in [1.165, 1.54) is 24.1 Å². The number of carbonyl (C=O) groups excluding carboxylic acids is 1. The number of rotatable bonds is 4. The molecule has 2 aromatic rings. The van der Waals surface area contributed by atoms with Crippen molar-refractivity contribution in [3.63, 3.8) is 0 Å². The van der Waals surface area contributed by atoms with E-state index >= 15 is 0 Å². The molecule has 0 aliphatic carbocycles. The molecule has 0 unspecified atom stereocenters. The Bertz CT molecular complexity index is 806. The Morgan fingerprint density at radius 3 is 2.44 bits per heavy atom. The molecule has 8 heteroatoms. The molecule has 0 aliphatic heterocycles. The Balaban J connectivity index is 0.00000312. The minimum Gasteiger partial charge on any atom is -0.320 e. The van der Waals surface area contributed by atoms with Gasteiger partial charge in [-0.3, -0.25) is 4.79 Å². The molecule has 1 amide bonds. The summed E-state index contributed by atoms with van der Waals surface area (Å²) in [5.41, 5.74) is 6.83. The molecule has 2 rings (SSSR count). The Kier molecular flexibility index (Phi) is 7.37. The summed E-state index contributed by atoms with van der Waals surface area (Å²) in [5.74, 6) is -1.91. The van der Waals surface area contributed by atoms with Crippen molar-refractivity contribution in [3.8, 4) is 6.07 Å². The summed E-state index contributed by atoms with van der Waals surface area (Å²) in [4.78, 5) is 13.7. The van der Waals surface area contributed by atoms with E-state index in [1.807, 2.05) is 6.07 Å². The van der Waals surface area contributed by atoms with Crippen molar-refractivity contribution in [2.45, 2.75) is 12.5 Å². The van der Waals surface area contributed by atoms with Crippen LogP contribution in [-0.2, 0) is 11.2 Å². The number of nitrogens with zero attached hydrogens (tertiary/aromatic N) is 2. The van der Waals surface area contributed by atoms with Gasteiger partial charge in [0.2, 0.25) is 5.91 Å². The molecule has 0 fully saturated rings. The minimum absolute atomic E-state index is 0. The lowest BCUT2D eigenvalue weighted by atomic mass is 10.0. The smallest absolute Gasteiger partial charge is 0.243 e. The van der Waals surface area contributed by atoms with Crippen molar-refractivity contribution in [1.82, 2.24) is 0 Å². The number of hydrogen-bond acceptors (Lipinski definition) is 3. The summed E-state index contributed by atoms with van der Waals surface area (Å²) in [6.45, 7) is 0. The number of nitrogens with two attached hydrogens (primary N) is 1. The third kappa shape index (κ3) is 5.16. The van der Waals surface area contributed by atoms with Gasteiger partial charge in [0.15, 0.2) is 0 Å². The number of likely N-dealkylation sites (N-methyl/N-ethyl adjacent to an activating group) is 1. The molecule has 4 nitrogen and oxygen atoms in total. The van der Waals surface area contributed by atoms with Gasteiger partial charge in [-0.2, -0.15) is 18.8 Å². The van der Waals surface area contributed by atoms with E-state index in [4.69, 9.17) is 22.6 Å². The molecule has 1 atom stereocenters. The number of hydrogen-bond donors (Lipinski definition) is 1. The van der Waals surface area contributed by atoms with Gasteiger partial charge >= 0.3 is 0 Å². The third-order valence-corrected chi connectivity index (χ3v) is 3.81. The van der Waals surface area contributed by atoms with Crippen LogP contribution < -0.4 is 10.6 Å². The molecule has 0 spiro atoms. The second kappa shape index (κ2) is 8.81. The molecule has 0 aromatic heterocycles. The highest BCUT2D eigenvalue weighted by Crippen LogP contribution is 2.22. The van der Waals surface area contributed by atoms with Gasteiger partial charge in [0, 0.05) is 18.8 Å². The molecule has 2 N–H and O–H groups in total.